The van der Waals surface area contributed by atoms with Crippen molar-refractivity contribution in [1.82, 2.24) is 4.90 Å². The molecular formula is C17H29NO3. The SMILES string of the molecule is CC(C)(C)C1CCC(OC(=O)CN2CCC(=O)CC2)CC1. The number of piperidine rings is 1. The molecule has 120 valence electrons. The fraction of sp³-hybridized carbons (Fsp3) is 0.882. The Hall–Kier alpha value is -0.900. The summed E-state index contributed by atoms with van der Waals surface area (Å²) in [6.45, 7) is 8.62. The molecular weight excluding hydrogens is 266 g/mol. The van der Waals surface area contributed by atoms with Crippen molar-refractivity contribution >= 4 is 11.8 Å². The largest absolute Gasteiger partial charge is 0.461 e. The highest BCUT2D eigenvalue weighted by molar-refractivity contribution is 5.80. The molecule has 1 heterocycles. The zero-order chi connectivity index (χ0) is 15.5. The summed E-state index contributed by atoms with van der Waals surface area (Å²) in [6.07, 6.45) is 5.54. The van der Waals surface area contributed by atoms with Gasteiger partial charge in [0.25, 0.3) is 0 Å². The molecule has 1 saturated carbocycles. The Kier molecular flexibility index (Phi) is 5.42. The number of carbonyl (C=O) groups excluding carboxylic acids is 2. The molecule has 0 unspecified atom stereocenters. The molecule has 4 heteroatoms. The molecule has 1 aliphatic heterocycles. The fourth-order valence-corrected chi connectivity index (χ4v) is 3.41. The van der Waals surface area contributed by atoms with Gasteiger partial charge < -0.3 is 4.74 Å². The molecule has 1 aliphatic carbocycles. The van der Waals surface area contributed by atoms with Gasteiger partial charge in [0.2, 0.25) is 0 Å². The highest BCUT2D eigenvalue weighted by Gasteiger charge is 2.31. The summed E-state index contributed by atoms with van der Waals surface area (Å²) in [4.78, 5) is 25.2. The van der Waals surface area contributed by atoms with Crippen molar-refractivity contribution in [3.05, 3.63) is 0 Å². The first-order valence-corrected chi connectivity index (χ1v) is 8.28. The number of hydrogen-bond acceptors (Lipinski definition) is 4. The van der Waals surface area contributed by atoms with Crippen LogP contribution in [-0.4, -0.2) is 42.4 Å². The van der Waals surface area contributed by atoms with Crippen LogP contribution in [0.2, 0.25) is 0 Å². The molecule has 0 N–H and O–H groups in total. The molecule has 0 aromatic heterocycles. The molecule has 2 fully saturated rings. The van der Waals surface area contributed by atoms with Gasteiger partial charge in [-0.3, -0.25) is 14.5 Å². The average Bonchev–Trinajstić information content (AvgIpc) is 2.41. The Balaban J connectivity index is 1.68. The number of nitrogens with zero attached hydrogens (tertiary/aromatic N) is 1. The maximum absolute atomic E-state index is 12.0. The normalized spacial score (nSPS) is 28.4. The first-order chi connectivity index (χ1) is 9.84. The van der Waals surface area contributed by atoms with Crippen LogP contribution in [0.15, 0.2) is 0 Å². The van der Waals surface area contributed by atoms with E-state index in [0.717, 1.165) is 31.6 Å². The van der Waals surface area contributed by atoms with Gasteiger partial charge in [0.05, 0.1) is 6.54 Å². The summed E-state index contributed by atoms with van der Waals surface area (Å²) in [5.74, 6) is 0.921. The zero-order valence-corrected chi connectivity index (χ0v) is 13.7. The lowest BCUT2D eigenvalue weighted by Gasteiger charge is -2.36. The van der Waals surface area contributed by atoms with E-state index in [4.69, 9.17) is 4.74 Å². The van der Waals surface area contributed by atoms with E-state index in [0.29, 0.717) is 43.7 Å². The highest BCUT2D eigenvalue weighted by atomic mass is 16.5. The molecule has 1 saturated heterocycles. The van der Waals surface area contributed by atoms with Crippen molar-refractivity contribution in [3.63, 3.8) is 0 Å². The van der Waals surface area contributed by atoms with Crippen molar-refractivity contribution < 1.29 is 14.3 Å². The first-order valence-electron chi connectivity index (χ1n) is 8.28. The zero-order valence-electron chi connectivity index (χ0n) is 13.7. The Morgan fingerprint density at radius 2 is 1.71 bits per heavy atom. The topological polar surface area (TPSA) is 46.6 Å². The van der Waals surface area contributed by atoms with Crippen LogP contribution >= 0.6 is 0 Å². The maximum atomic E-state index is 12.0. The lowest BCUT2D eigenvalue weighted by Crippen LogP contribution is -2.39. The quantitative estimate of drug-likeness (QED) is 0.751. The van der Waals surface area contributed by atoms with Gasteiger partial charge in [-0.1, -0.05) is 20.8 Å². The monoisotopic (exact) mass is 295 g/mol. The maximum Gasteiger partial charge on any atom is 0.320 e. The van der Waals surface area contributed by atoms with Crippen LogP contribution in [0.25, 0.3) is 0 Å². The highest BCUT2D eigenvalue weighted by Crippen LogP contribution is 2.38. The Morgan fingerprint density at radius 1 is 1.14 bits per heavy atom. The second-order valence-electron chi connectivity index (χ2n) is 7.64. The molecule has 0 aromatic carbocycles. The number of ketones is 1. The average molecular weight is 295 g/mol. The minimum Gasteiger partial charge on any atom is -0.461 e. The number of likely N-dealkylation sites (tertiary alicyclic amines) is 1. The predicted molar refractivity (Wildman–Crippen MR) is 82.0 cm³/mol. The van der Waals surface area contributed by atoms with Gasteiger partial charge in [-0.25, -0.2) is 0 Å². The molecule has 2 rings (SSSR count). The molecule has 0 spiro atoms. The fourth-order valence-electron chi connectivity index (χ4n) is 3.41. The third-order valence-corrected chi connectivity index (χ3v) is 4.96. The lowest BCUT2D eigenvalue weighted by atomic mass is 9.72. The third-order valence-electron chi connectivity index (χ3n) is 4.96. The number of rotatable bonds is 3. The smallest absolute Gasteiger partial charge is 0.320 e. The van der Waals surface area contributed by atoms with E-state index in [1.54, 1.807) is 0 Å². The summed E-state index contributed by atoms with van der Waals surface area (Å²) in [5, 5.41) is 0. The van der Waals surface area contributed by atoms with Gasteiger partial charge in [0.1, 0.15) is 11.9 Å². The van der Waals surface area contributed by atoms with Crippen molar-refractivity contribution in [3.8, 4) is 0 Å². The van der Waals surface area contributed by atoms with Gasteiger partial charge in [0.15, 0.2) is 0 Å². The molecule has 0 bridgehead atoms. The second kappa shape index (κ2) is 6.91. The van der Waals surface area contributed by atoms with Crippen LogP contribution in [0.4, 0.5) is 0 Å². The van der Waals surface area contributed by atoms with Crippen LogP contribution in [0.1, 0.15) is 59.3 Å². The van der Waals surface area contributed by atoms with E-state index in [-0.39, 0.29) is 12.1 Å². The first kappa shape index (κ1) is 16.5. The Bertz CT molecular complexity index is 368. The van der Waals surface area contributed by atoms with Crippen LogP contribution < -0.4 is 0 Å². The van der Waals surface area contributed by atoms with Crippen molar-refractivity contribution in [2.75, 3.05) is 19.6 Å². The van der Waals surface area contributed by atoms with Gasteiger partial charge in [-0.15, -0.1) is 0 Å². The number of hydrogen-bond donors (Lipinski definition) is 0. The van der Waals surface area contributed by atoms with Gasteiger partial charge in [-0.05, 0) is 37.0 Å². The predicted octanol–water partition coefficient (Wildman–Crippen LogP) is 2.80. The summed E-state index contributed by atoms with van der Waals surface area (Å²) in [7, 11) is 0. The summed E-state index contributed by atoms with van der Waals surface area (Å²) in [6, 6.07) is 0. The van der Waals surface area contributed by atoms with Crippen LogP contribution in [0.5, 0.6) is 0 Å². The molecule has 0 radical (unpaired) electrons. The second-order valence-corrected chi connectivity index (χ2v) is 7.64. The minimum absolute atomic E-state index is 0.0996. The summed E-state index contributed by atoms with van der Waals surface area (Å²) < 4.78 is 5.62. The van der Waals surface area contributed by atoms with Crippen LogP contribution in [0.3, 0.4) is 0 Å². The van der Waals surface area contributed by atoms with E-state index in [2.05, 4.69) is 20.8 Å². The van der Waals surface area contributed by atoms with E-state index >= 15 is 0 Å². The lowest BCUT2D eigenvalue weighted by molar-refractivity contribution is -0.153. The molecule has 2 aliphatic rings. The molecule has 0 atom stereocenters. The molecule has 21 heavy (non-hydrogen) atoms. The van der Waals surface area contributed by atoms with Gasteiger partial charge in [0, 0.05) is 25.9 Å². The minimum atomic E-state index is -0.122. The standard InChI is InChI=1S/C17H29NO3/c1-17(2,3)13-4-6-15(7-5-13)21-16(20)12-18-10-8-14(19)9-11-18/h13,15H,4-12H2,1-3H3. The van der Waals surface area contributed by atoms with E-state index in [1.807, 2.05) is 4.90 Å². The molecule has 0 amide bonds. The molecule has 4 nitrogen and oxygen atoms in total. The molecule has 0 aromatic rings. The van der Waals surface area contributed by atoms with Gasteiger partial charge >= 0.3 is 5.97 Å². The van der Waals surface area contributed by atoms with E-state index in [1.165, 1.54) is 0 Å². The summed E-state index contributed by atoms with van der Waals surface area (Å²) >= 11 is 0. The number of carbonyl (C=O) groups is 2. The third kappa shape index (κ3) is 5.10. The van der Waals surface area contributed by atoms with Crippen molar-refractivity contribution in [2.24, 2.45) is 11.3 Å². The Morgan fingerprint density at radius 3 is 2.24 bits per heavy atom. The van der Waals surface area contributed by atoms with Crippen molar-refractivity contribution in [2.45, 2.75) is 65.4 Å². The van der Waals surface area contributed by atoms with E-state index < -0.39 is 0 Å². The number of esters is 1. The number of ether oxygens (including phenoxy) is 1. The Labute approximate surface area is 128 Å². The summed E-state index contributed by atoms with van der Waals surface area (Å²) in [5.41, 5.74) is 0.356. The number of Topliss-reactive ketones (excluding diaryl/α,β-unsaturated/α-hetero) is 1. The van der Waals surface area contributed by atoms with Crippen molar-refractivity contribution in [1.29, 1.82) is 0 Å². The van der Waals surface area contributed by atoms with Crippen LogP contribution in [-0.2, 0) is 14.3 Å². The van der Waals surface area contributed by atoms with E-state index in [9.17, 15) is 9.59 Å². The van der Waals surface area contributed by atoms with Gasteiger partial charge in [-0.2, -0.15) is 0 Å². The van der Waals surface area contributed by atoms with Crippen LogP contribution in [0, 0.1) is 11.3 Å².